The lowest BCUT2D eigenvalue weighted by molar-refractivity contribution is 0.314. The van der Waals surface area contributed by atoms with Crippen molar-refractivity contribution in [3.05, 3.63) is 289 Å². The Balaban J connectivity index is 0.821. The van der Waals surface area contributed by atoms with Gasteiger partial charge in [-0.3, -0.25) is 4.57 Å². The van der Waals surface area contributed by atoms with Crippen molar-refractivity contribution < 1.29 is 8.85 Å². The fourth-order valence-corrected chi connectivity index (χ4v) is 15.9. The van der Waals surface area contributed by atoms with Gasteiger partial charge in [0.1, 0.15) is 24.0 Å². The molecule has 3 aliphatic rings. The van der Waals surface area contributed by atoms with E-state index in [2.05, 4.69) is 306 Å². The first-order valence-electron chi connectivity index (χ1n) is 34.9. The van der Waals surface area contributed by atoms with Gasteiger partial charge in [-0.15, -0.1) is 0 Å². The van der Waals surface area contributed by atoms with Crippen LogP contribution < -0.4 is 14.5 Å². The third-order valence-corrected chi connectivity index (χ3v) is 21.1. The number of anilines is 4. The van der Waals surface area contributed by atoms with Gasteiger partial charge in [-0.2, -0.15) is 0 Å². The second-order valence-corrected chi connectivity index (χ2v) is 29.0. The molecule has 462 valence electrons. The number of ether oxygens (including phenoxy) is 1. The minimum atomic E-state index is -2.49. The summed E-state index contributed by atoms with van der Waals surface area (Å²) in [5, 5.41) is 2.05. The number of hydrogen-bond donors (Lipinski definition) is 0. The standard InChI is InChI=1S/C89H80N4O/c1-58-49-80(90-56-73(58)82-83-74(86(2,3)45-47-88(83,6)7)55-75-84(82)89(8,9)48-46-87(75,4)5)93-78-42-26-37-69(61-31-18-12-19-32-61)81(78)72-44-43-68(54-79(72)93)94-67-36-24-35-66(53-67)91-57-92(77-41-23-22-40-76(77)91)85-70(62-33-20-13-21-34-62)38-25-39-71(85)65-51-63(59-27-14-10-15-28-59)50-64(52-65)60-29-16-11-17-30-60/h10-44,49-56H,45-48,57H2,1-9H3/i1D3. The summed E-state index contributed by atoms with van der Waals surface area (Å²) in [6, 6.07) is 90.7. The molecule has 0 atom stereocenters. The minimum absolute atomic E-state index is 0.104. The number of nitrogens with zero attached hydrogens (tertiary/aromatic N) is 4. The number of aryl methyl sites for hydroxylation is 1. The summed E-state index contributed by atoms with van der Waals surface area (Å²) in [4.78, 5) is 10.4. The topological polar surface area (TPSA) is 33.5 Å². The van der Waals surface area contributed by atoms with Crippen LogP contribution in [0.25, 0.3) is 94.4 Å². The van der Waals surface area contributed by atoms with Gasteiger partial charge in [-0.05, 0) is 199 Å². The maximum absolute atomic E-state index is 9.55. The third-order valence-electron chi connectivity index (χ3n) is 21.1. The average Bonchev–Trinajstić information content (AvgIpc) is 1.38. The van der Waals surface area contributed by atoms with Crippen molar-refractivity contribution in [1.29, 1.82) is 0 Å². The second kappa shape index (κ2) is 22.5. The van der Waals surface area contributed by atoms with Crippen LogP contribution in [-0.4, -0.2) is 16.2 Å². The number of hydrogen-bond acceptors (Lipinski definition) is 4. The molecule has 0 N–H and O–H groups in total. The third kappa shape index (κ3) is 10.0. The van der Waals surface area contributed by atoms with E-state index >= 15 is 0 Å². The lowest BCUT2D eigenvalue weighted by atomic mass is 9.55. The van der Waals surface area contributed by atoms with E-state index in [1.54, 1.807) is 0 Å². The summed E-state index contributed by atoms with van der Waals surface area (Å²) in [7, 11) is 0. The zero-order chi connectivity index (χ0) is 66.8. The summed E-state index contributed by atoms with van der Waals surface area (Å²) in [5.74, 6) is 1.85. The first-order chi connectivity index (χ1) is 46.7. The smallest absolute Gasteiger partial charge is 0.137 e. The molecule has 0 saturated carbocycles. The van der Waals surface area contributed by atoms with Crippen molar-refractivity contribution in [2.75, 3.05) is 16.5 Å². The molecule has 5 heteroatoms. The average molecular weight is 1220 g/mol. The summed E-state index contributed by atoms with van der Waals surface area (Å²) in [5.41, 5.74) is 24.0. The highest BCUT2D eigenvalue weighted by molar-refractivity contribution is 6.16. The quantitative estimate of drug-likeness (QED) is 0.129. The zero-order valence-electron chi connectivity index (χ0n) is 58.1. The van der Waals surface area contributed by atoms with E-state index in [0.29, 0.717) is 35.1 Å². The van der Waals surface area contributed by atoms with E-state index in [9.17, 15) is 4.11 Å². The molecule has 0 bridgehead atoms. The highest BCUT2D eigenvalue weighted by Crippen LogP contribution is 2.59. The molecule has 0 radical (unpaired) electrons. The van der Waals surface area contributed by atoms with Gasteiger partial charge in [0.15, 0.2) is 0 Å². The molecule has 0 fully saturated rings. The largest absolute Gasteiger partial charge is 0.457 e. The van der Waals surface area contributed by atoms with E-state index < -0.39 is 6.85 Å². The SMILES string of the molecule is [2H]C([2H])([2H])c1cc(-n2c3cc(Oc4cccc(N5CN(c6c(-c7ccccc7)cccc6-c6cc(-c7ccccc7)cc(-c7ccccc7)c6)c6ccccc65)c4)ccc3c3c(-c4ccccc4)cccc32)ncc1-c1c2c(cc3c1C(C)(C)CCC3(C)C)C(C)(C)CCC2(C)C. The summed E-state index contributed by atoms with van der Waals surface area (Å²) < 4.78 is 37.9. The molecule has 13 aromatic rings. The van der Waals surface area contributed by atoms with E-state index in [1.807, 2.05) is 24.4 Å². The van der Waals surface area contributed by atoms with Gasteiger partial charge in [-0.25, -0.2) is 4.98 Å². The van der Waals surface area contributed by atoms with Crippen LogP contribution in [0, 0.1) is 6.85 Å². The monoisotopic (exact) mass is 1220 g/mol. The van der Waals surface area contributed by atoms with Crippen LogP contribution in [0.5, 0.6) is 11.5 Å². The number of fused-ring (bicyclic) bond motifs is 6. The van der Waals surface area contributed by atoms with E-state index in [1.165, 1.54) is 22.3 Å². The van der Waals surface area contributed by atoms with E-state index in [-0.39, 0.29) is 21.7 Å². The molecule has 1 aliphatic heterocycles. The second-order valence-electron chi connectivity index (χ2n) is 29.0. The lowest BCUT2D eigenvalue weighted by Gasteiger charge is -2.49. The number of para-hydroxylation sites is 3. The van der Waals surface area contributed by atoms with Gasteiger partial charge in [-0.1, -0.05) is 231 Å². The zero-order valence-corrected chi connectivity index (χ0v) is 55.1. The number of pyridine rings is 1. The van der Waals surface area contributed by atoms with Crippen LogP contribution in [0.4, 0.5) is 22.7 Å². The Kier molecular flexibility index (Phi) is 13.3. The van der Waals surface area contributed by atoms with Gasteiger partial charge in [0.25, 0.3) is 0 Å². The molecular formula is C89H80N4O. The molecule has 5 nitrogen and oxygen atoms in total. The van der Waals surface area contributed by atoms with Crippen LogP contribution >= 0.6 is 0 Å². The van der Waals surface area contributed by atoms with Crippen LogP contribution in [0.2, 0.25) is 0 Å². The summed E-state index contributed by atoms with van der Waals surface area (Å²) in [6.07, 6.45) is 6.01. The highest BCUT2D eigenvalue weighted by Gasteiger charge is 2.47. The number of rotatable bonds is 11. The van der Waals surface area contributed by atoms with Crippen LogP contribution in [-0.2, 0) is 21.7 Å². The fourth-order valence-electron chi connectivity index (χ4n) is 15.9. The molecule has 2 aliphatic carbocycles. The van der Waals surface area contributed by atoms with Gasteiger partial charge in [0, 0.05) is 55.6 Å². The highest BCUT2D eigenvalue weighted by atomic mass is 16.5. The summed E-state index contributed by atoms with van der Waals surface area (Å²) in [6.45, 7) is 17.0. The van der Waals surface area contributed by atoms with Crippen molar-refractivity contribution in [2.45, 2.75) is 110 Å². The molecule has 0 amide bonds. The molecule has 0 spiro atoms. The minimum Gasteiger partial charge on any atom is -0.457 e. The van der Waals surface area contributed by atoms with E-state index in [4.69, 9.17) is 9.72 Å². The van der Waals surface area contributed by atoms with Crippen molar-refractivity contribution in [2.24, 2.45) is 0 Å². The van der Waals surface area contributed by atoms with Crippen molar-refractivity contribution in [1.82, 2.24) is 9.55 Å². The van der Waals surface area contributed by atoms with Crippen molar-refractivity contribution >= 4 is 44.6 Å². The molecule has 2 aromatic heterocycles. The molecule has 0 unspecified atom stereocenters. The van der Waals surface area contributed by atoms with Crippen molar-refractivity contribution in [3.8, 4) is 84.1 Å². The van der Waals surface area contributed by atoms with Gasteiger partial charge < -0.3 is 14.5 Å². The Morgan fingerprint density at radius 1 is 0.394 bits per heavy atom. The first-order valence-corrected chi connectivity index (χ1v) is 33.4. The number of benzene rings is 11. The summed E-state index contributed by atoms with van der Waals surface area (Å²) >= 11 is 0. The van der Waals surface area contributed by atoms with Crippen molar-refractivity contribution in [3.63, 3.8) is 0 Å². The first kappa shape index (κ1) is 55.4. The molecule has 0 saturated heterocycles. The lowest BCUT2D eigenvalue weighted by Crippen LogP contribution is -2.40. The maximum Gasteiger partial charge on any atom is 0.137 e. The van der Waals surface area contributed by atoms with Crippen LogP contribution in [0.3, 0.4) is 0 Å². The molecule has 3 heterocycles. The molecule has 11 aromatic carbocycles. The van der Waals surface area contributed by atoms with Crippen LogP contribution in [0.15, 0.2) is 261 Å². The normalized spacial score (nSPS) is 16.4. The fraction of sp³-hybridized carbons (Fsp3) is 0.202. The van der Waals surface area contributed by atoms with Gasteiger partial charge >= 0.3 is 0 Å². The predicted molar refractivity (Wildman–Crippen MR) is 395 cm³/mol. The van der Waals surface area contributed by atoms with Gasteiger partial charge in [0.05, 0.1) is 28.1 Å². The van der Waals surface area contributed by atoms with E-state index in [0.717, 1.165) is 131 Å². The Morgan fingerprint density at radius 3 is 1.50 bits per heavy atom. The maximum atomic E-state index is 9.55. The Labute approximate surface area is 558 Å². The Morgan fingerprint density at radius 2 is 0.894 bits per heavy atom. The Hall–Kier alpha value is -10.2. The molecular weight excluding hydrogens is 1140 g/mol. The molecule has 16 rings (SSSR count). The number of aromatic nitrogens is 2. The molecule has 94 heavy (non-hydrogen) atoms. The van der Waals surface area contributed by atoms with Crippen LogP contribution in [0.1, 0.15) is 113 Å². The Bertz CT molecular complexity index is 5110. The predicted octanol–water partition coefficient (Wildman–Crippen LogP) is 24.2. The van der Waals surface area contributed by atoms with Gasteiger partial charge in [0.2, 0.25) is 0 Å².